The van der Waals surface area contributed by atoms with Crippen molar-refractivity contribution in [1.82, 2.24) is 4.98 Å². The second-order valence-electron chi connectivity index (χ2n) is 4.32. The molecule has 0 atom stereocenters. The van der Waals surface area contributed by atoms with Gasteiger partial charge in [-0.15, -0.1) is 0 Å². The number of benzene rings is 1. The Bertz CT molecular complexity index is 549. The molecule has 1 heterocycles. The summed E-state index contributed by atoms with van der Waals surface area (Å²) in [5.74, 6) is 0.884. The smallest absolute Gasteiger partial charge is 0.130 e. The predicted molar refractivity (Wildman–Crippen MR) is 70.5 cm³/mol. The average Bonchev–Trinajstić information content (AvgIpc) is 2.29. The number of nitrogens with zero attached hydrogens (tertiary/aromatic N) is 1. The molecule has 2 N–H and O–H groups in total. The molecule has 3 nitrogen and oxygen atoms in total. The van der Waals surface area contributed by atoms with Gasteiger partial charge in [0.05, 0.1) is 12.6 Å². The molecule has 1 aromatic heterocycles. The van der Waals surface area contributed by atoms with Gasteiger partial charge in [0.15, 0.2) is 0 Å². The molecule has 0 saturated heterocycles. The number of hydrogen-bond acceptors (Lipinski definition) is 3. The van der Waals surface area contributed by atoms with E-state index in [0.29, 0.717) is 6.54 Å². The van der Waals surface area contributed by atoms with Gasteiger partial charge in [-0.3, -0.25) is 4.98 Å². The van der Waals surface area contributed by atoms with E-state index in [1.165, 1.54) is 11.1 Å². The summed E-state index contributed by atoms with van der Waals surface area (Å²) in [4.78, 5) is 4.61. The van der Waals surface area contributed by atoms with Crippen LogP contribution in [-0.2, 0) is 6.42 Å². The molecule has 0 spiro atoms. The SMILES string of the molecule is COc1cc(C)nc2c(CCN)cc(C)cc12. The number of pyridine rings is 1. The fourth-order valence-corrected chi connectivity index (χ4v) is 2.16. The largest absolute Gasteiger partial charge is 0.496 e. The zero-order chi connectivity index (χ0) is 12.4. The Hall–Kier alpha value is -1.61. The normalized spacial score (nSPS) is 10.8. The average molecular weight is 230 g/mol. The molecule has 0 unspecified atom stereocenters. The Kier molecular flexibility index (Phi) is 3.29. The van der Waals surface area contributed by atoms with Gasteiger partial charge >= 0.3 is 0 Å². The number of hydrogen-bond donors (Lipinski definition) is 1. The van der Waals surface area contributed by atoms with Crippen molar-refractivity contribution in [2.75, 3.05) is 13.7 Å². The van der Waals surface area contributed by atoms with Gasteiger partial charge in [0, 0.05) is 17.1 Å². The highest BCUT2D eigenvalue weighted by atomic mass is 16.5. The fourth-order valence-electron chi connectivity index (χ4n) is 2.16. The lowest BCUT2D eigenvalue weighted by Gasteiger charge is -2.11. The van der Waals surface area contributed by atoms with Crippen molar-refractivity contribution in [2.24, 2.45) is 5.73 Å². The first-order chi connectivity index (χ1) is 8.15. The molecule has 0 radical (unpaired) electrons. The standard InChI is InChI=1S/C14H18N2O/c1-9-6-11(4-5-15)14-12(7-9)13(17-3)8-10(2)16-14/h6-8H,4-5,15H2,1-3H3. The van der Waals surface area contributed by atoms with E-state index in [-0.39, 0.29) is 0 Å². The van der Waals surface area contributed by atoms with Crippen LogP contribution in [0.2, 0.25) is 0 Å². The topological polar surface area (TPSA) is 48.1 Å². The van der Waals surface area contributed by atoms with Crippen molar-refractivity contribution in [3.8, 4) is 5.75 Å². The molecule has 2 rings (SSSR count). The van der Waals surface area contributed by atoms with Gasteiger partial charge < -0.3 is 10.5 Å². The molecule has 0 aliphatic carbocycles. The highest BCUT2D eigenvalue weighted by Gasteiger charge is 2.09. The van der Waals surface area contributed by atoms with Crippen LogP contribution >= 0.6 is 0 Å². The number of rotatable bonds is 3. The number of nitrogens with two attached hydrogens (primary N) is 1. The van der Waals surface area contributed by atoms with Crippen molar-refractivity contribution >= 4 is 10.9 Å². The fraction of sp³-hybridized carbons (Fsp3) is 0.357. The van der Waals surface area contributed by atoms with E-state index in [1.807, 2.05) is 13.0 Å². The second kappa shape index (κ2) is 4.72. The van der Waals surface area contributed by atoms with Gasteiger partial charge in [-0.1, -0.05) is 6.07 Å². The third-order valence-corrected chi connectivity index (χ3v) is 2.86. The Labute approximate surface area is 102 Å². The van der Waals surface area contributed by atoms with E-state index >= 15 is 0 Å². The van der Waals surface area contributed by atoms with Gasteiger partial charge in [0.1, 0.15) is 5.75 Å². The van der Waals surface area contributed by atoms with Crippen molar-refractivity contribution in [3.05, 3.63) is 35.0 Å². The molecule has 1 aromatic carbocycles. The molecule has 90 valence electrons. The minimum Gasteiger partial charge on any atom is -0.496 e. The molecule has 0 aliphatic heterocycles. The van der Waals surface area contributed by atoms with Crippen molar-refractivity contribution in [2.45, 2.75) is 20.3 Å². The van der Waals surface area contributed by atoms with Crippen LogP contribution in [0.25, 0.3) is 10.9 Å². The quantitative estimate of drug-likeness (QED) is 0.880. The molecular weight excluding hydrogens is 212 g/mol. The maximum Gasteiger partial charge on any atom is 0.130 e. The van der Waals surface area contributed by atoms with E-state index < -0.39 is 0 Å². The highest BCUT2D eigenvalue weighted by molar-refractivity contribution is 5.88. The zero-order valence-corrected chi connectivity index (χ0v) is 10.6. The van der Waals surface area contributed by atoms with Crippen LogP contribution in [0.4, 0.5) is 0 Å². The summed E-state index contributed by atoms with van der Waals surface area (Å²) in [6.45, 7) is 4.70. The first-order valence-electron chi connectivity index (χ1n) is 5.80. The molecule has 0 amide bonds. The van der Waals surface area contributed by atoms with E-state index in [4.69, 9.17) is 10.5 Å². The van der Waals surface area contributed by atoms with Crippen molar-refractivity contribution in [1.29, 1.82) is 0 Å². The number of aromatic nitrogens is 1. The zero-order valence-electron chi connectivity index (χ0n) is 10.6. The number of ether oxygens (including phenoxy) is 1. The minimum absolute atomic E-state index is 0.635. The van der Waals surface area contributed by atoms with Crippen molar-refractivity contribution in [3.63, 3.8) is 0 Å². The summed E-state index contributed by atoms with van der Waals surface area (Å²) < 4.78 is 5.43. The van der Waals surface area contributed by atoms with Gasteiger partial charge in [-0.2, -0.15) is 0 Å². The maximum atomic E-state index is 5.65. The second-order valence-corrected chi connectivity index (χ2v) is 4.32. The third-order valence-electron chi connectivity index (χ3n) is 2.86. The van der Waals surface area contributed by atoms with E-state index in [9.17, 15) is 0 Å². The van der Waals surface area contributed by atoms with E-state index in [0.717, 1.165) is 28.8 Å². The van der Waals surface area contributed by atoms with Gasteiger partial charge in [0.2, 0.25) is 0 Å². The van der Waals surface area contributed by atoms with Crippen LogP contribution in [0.15, 0.2) is 18.2 Å². The summed E-state index contributed by atoms with van der Waals surface area (Å²) in [5.41, 5.74) is 10.0. The van der Waals surface area contributed by atoms with Gasteiger partial charge in [-0.25, -0.2) is 0 Å². The lowest BCUT2D eigenvalue weighted by atomic mass is 10.0. The first-order valence-corrected chi connectivity index (χ1v) is 5.80. The Morgan fingerprint density at radius 3 is 2.65 bits per heavy atom. The number of fused-ring (bicyclic) bond motifs is 1. The predicted octanol–water partition coefficient (Wildman–Crippen LogP) is 2.36. The van der Waals surface area contributed by atoms with Gasteiger partial charge in [0.25, 0.3) is 0 Å². The molecule has 3 heteroatoms. The van der Waals surface area contributed by atoms with Gasteiger partial charge in [-0.05, 0) is 44.0 Å². The summed E-state index contributed by atoms with van der Waals surface area (Å²) in [6, 6.07) is 6.23. The highest BCUT2D eigenvalue weighted by Crippen LogP contribution is 2.28. The lowest BCUT2D eigenvalue weighted by molar-refractivity contribution is 0.419. The summed E-state index contributed by atoms with van der Waals surface area (Å²) in [6.07, 6.45) is 0.845. The molecule has 2 aromatic rings. The number of methoxy groups -OCH3 is 1. The van der Waals surface area contributed by atoms with Crippen LogP contribution in [-0.4, -0.2) is 18.6 Å². The lowest BCUT2D eigenvalue weighted by Crippen LogP contribution is -2.04. The molecular formula is C14H18N2O. The van der Waals surface area contributed by atoms with Crippen LogP contribution in [0, 0.1) is 13.8 Å². The van der Waals surface area contributed by atoms with Crippen molar-refractivity contribution < 1.29 is 4.74 Å². The summed E-state index contributed by atoms with van der Waals surface area (Å²) in [7, 11) is 1.69. The molecule has 0 aliphatic rings. The minimum atomic E-state index is 0.635. The van der Waals surface area contributed by atoms with Crippen LogP contribution < -0.4 is 10.5 Å². The molecule has 0 fully saturated rings. The summed E-state index contributed by atoms with van der Waals surface area (Å²) >= 11 is 0. The van der Waals surface area contributed by atoms with Crippen LogP contribution in [0.1, 0.15) is 16.8 Å². The molecule has 17 heavy (non-hydrogen) atoms. The monoisotopic (exact) mass is 230 g/mol. The van der Waals surface area contributed by atoms with E-state index in [2.05, 4.69) is 24.0 Å². The third kappa shape index (κ3) is 2.24. The van der Waals surface area contributed by atoms with Crippen LogP contribution in [0.5, 0.6) is 5.75 Å². The van der Waals surface area contributed by atoms with E-state index in [1.54, 1.807) is 7.11 Å². The Balaban J connectivity index is 2.78. The molecule has 0 bridgehead atoms. The Morgan fingerprint density at radius 2 is 2.00 bits per heavy atom. The van der Waals surface area contributed by atoms with Crippen LogP contribution in [0.3, 0.4) is 0 Å². The summed E-state index contributed by atoms with van der Waals surface area (Å²) in [5, 5.41) is 1.07. The first kappa shape index (κ1) is 11.9. The Morgan fingerprint density at radius 1 is 1.24 bits per heavy atom. The number of aryl methyl sites for hydroxylation is 2. The maximum absolute atomic E-state index is 5.65. The molecule has 0 saturated carbocycles.